The molecule has 2 N–H and O–H groups in total. The molecule has 0 saturated carbocycles. The van der Waals surface area contributed by atoms with Gasteiger partial charge in [0.1, 0.15) is 0 Å². The molecule has 0 bridgehead atoms. The summed E-state index contributed by atoms with van der Waals surface area (Å²) in [6, 6.07) is 0.400. The Balaban J connectivity index is 0. The zero-order valence-electron chi connectivity index (χ0n) is 14.2. The van der Waals surface area contributed by atoms with Crippen LogP contribution in [0.15, 0.2) is 0 Å². The molecule has 0 heterocycles. The maximum Gasteiger partial charge on any atom is 0.00104 e. The van der Waals surface area contributed by atoms with Crippen molar-refractivity contribution in [2.45, 2.75) is 116 Å². The molecule has 0 radical (unpaired) electrons. The first-order valence-electron chi connectivity index (χ1n) is 9.03. The maximum atomic E-state index is 5.74. The third-order valence-electron chi connectivity index (χ3n) is 4.01. The summed E-state index contributed by atoms with van der Waals surface area (Å²) in [4.78, 5) is 0. The van der Waals surface area contributed by atoms with E-state index in [2.05, 4.69) is 13.8 Å². The van der Waals surface area contributed by atoms with E-state index < -0.39 is 0 Å². The lowest BCUT2D eigenvalue weighted by Gasteiger charge is -2.05. The summed E-state index contributed by atoms with van der Waals surface area (Å²) in [5, 5.41) is 0. The Labute approximate surface area is 139 Å². The fraction of sp³-hybridized carbons (Fsp3) is 1.00. The van der Waals surface area contributed by atoms with Gasteiger partial charge < -0.3 is 5.73 Å². The van der Waals surface area contributed by atoms with Crippen LogP contribution in [0.1, 0.15) is 110 Å². The van der Waals surface area contributed by atoms with Crippen LogP contribution < -0.4 is 5.73 Å². The lowest BCUT2D eigenvalue weighted by molar-refractivity contribution is 0.523. The molecule has 0 amide bonds. The van der Waals surface area contributed by atoms with Crippen LogP contribution in [0.4, 0.5) is 0 Å². The van der Waals surface area contributed by atoms with Gasteiger partial charge in [-0.05, 0) is 13.3 Å². The van der Waals surface area contributed by atoms with E-state index in [1.807, 2.05) is 0 Å². The molecule has 0 spiro atoms. The van der Waals surface area contributed by atoms with E-state index in [0.29, 0.717) is 6.04 Å². The number of hydrogen-bond donors (Lipinski definition) is 1. The van der Waals surface area contributed by atoms with E-state index in [1.54, 1.807) is 0 Å². The second-order valence-electron chi connectivity index (χ2n) is 6.36. The highest BCUT2D eigenvalue weighted by Gasteiger charge is 1.95. The van der Waals surface area contributed by atoms with Gasteiger partial charge in [0.05, 0.1) is 0 Å². The minimum Gasteiger partial charge on any atom is -0.328 e. The molecule has 0 aromatic carbocycles. The predicted molar refractivity (Wildman–Crippen MR) is 98.9 cm³/mol. The Hall–Kier alpha value is 0.440. The van der Waals surface area contributed by atoms with E-state index in [1.165, 1.54) is 96.3 Å². The van der Waals surface area contributed by atoms with Crippen molar-refractivity contribution in [2.75, 3.05) is 0 Å². The third kappa shape index (κ3) is 20.8. The van der Waals surface area contributed by atoms with Gasteiger partial charge in [-0.3, -0.25) is 0 Å². The molecule has 0 aliphatic heterocycles. The van der Waals surface area contributed by atoms with Crippen molar-refractivity contribution in [3.05, 3.63) is 0 Å². The van der Waals surface area contributed by atoms with Crippen LogP contribution in [0.3, 0.4) is 0 Å². The van der Waals surface area contributed by atoms with Crippen LogP contribution >= 0.6 is 17.0 Å². The molecular weight excluding hydrogens is 310 g/mol. The monoisotopic (exact) mass is 349 g/mol. The van der Waals surface area contributed by atoms with E-state index in [-0.39, 0.29) is 17.0 Å². The van der Waals surface area contributed by atoms with E-state index in [0.717, 1.165) is 0 Å². The van der Waals surface area contributed by atoms with Gasteiger partial charge in [-0.1, -0.05) is 96.8 Å². The third-order valence-corrected chi connectivity index (χ3v) is 4.01. The maximum absolute atomic E-state index is 5.74. The molecule has 0 aromatic rings. The lowest BCUT2D eigenvalue weighted by Crippen LogP contribution is -2.13. The molecule has 0 saturated heterocycles. The van der Waals surface area contributed by atoms with Crippen molar-refractivity contribution in [2.24, 2.45) is 5.73 Å². The quantitative estimate of drug-likeness (QED) is 0.324. The van der Waals surface area contributed by atoms with Crippen LogP contribution in [0.25, 0.3) is 0 Å². The van der Waals surface area contributed by atoms with Crippen molar-refractivity contribution >= 4 is 17.0 Å². The van der Waals surface area contributed by atoms with Gasteiger partial charge in [-0.2, -0.15) is 0 Å². The second-order valence-corrected chi connectivity index (χ2v) is 6.36. The highest BCUT2D eigenvalue weighted by molar-refractivity contribution is 8.93. The zero-order valence-corrected chi connectivity index (χ0v) is 15.9. The van der Waals surface area contributed by atoms with E-state index >= 15 is 0 Å². The lowest BCUT2D eigenvalue weighted by atomic mass is 10.0. The van der Waals surface area contributed by atoms with Crippen LogP contribution in [0.2, 0.25) is 0 Å². The van der Waals surface area contributed by atoms with Gasteiger partial charge in [0.25, 0.3) is 0 Å². The van der Waals surface area contributed by atoms with Crippen molar-refractivity contribution in [1.82, 2.24) is 0 Å². The minimum absolute atomic E-state index is 0. The second kappa shape index (κ2) is 19.4. The molecule has 0 aliphatic carbocycles. The first-order chi connectivity index (χ1) is 9.27. The van der Waals surface area contributed by atoms with Crippen molar-refractivity contribution in [3.8, 4) is 0 Å². The first kappa shape index (κ1) is 22.7. The molecule has 0 aliphatic rings. The summed E-state index contributed by atoms with van der Waals surface area (Å²) in [6.45, 7) is 4.40. The molecule has 2 heteroatoms. The van der Waals surface area contributed by atoms with Crippen LogP contribution in [0, 0.1) is 0 Å². The van der Waals surface area contributed by atoms with E-state index in [9.17, 15) is 0 Å². The standard InChI is InChI=1S/C18H39N.BrH/c1-3-4-5-6-7-8-9-10-11-12-13-14-15-16-17-18(2)19;/h18H,3-17,19H2,1-2H3;1H. The summed E-state index contributed by atoms with van der Waals surface area (Å²) in [6.07, 6.45) is 21.3. The van der Waals surface area contributed by atoms with Gasteiger partial charge in [0.15, 0.2) is 0 Å². The Morgan fingerprint density at radius 1 is 0.600 bits per heavy atom. The fourth-order valence-electron chi connectivity index (χ4n) is 2.66. The molecule has 1 unspecified atom stereocenters. The highest BCUT2D eigenvalue weighted by atomic mass is 79.9. The fourth-order valence-corrected chi connectivity index (χ4v) is 2.66. The summed E-state index contributed by atoms with van der Waals surface area (Å²) in [7, 11) is 0. The molecule has 20 heavy (non-hydrogen) atoms. The molecule has 0 fully saturated rings. The summed E-state index contributed by atoms with van der Waals surface area (Å²) < 4.78 is 0. The van der Waals surface area contributed by atoms with Gasteiger partial charge >= 0.3 is 0 Å². The number of rotatable bonds is 15. The smallest absolute Gasteiger partial charge is 0.00104 e. The summed E-state index contributed by atoms with van der Waals surface area (Å²) in [5.74, 6) is 0. The van der Waals surface area contributed by atoms with Gasteiger partial charge in [-0.15, -0.1) is 17.0 Å². The van der Waals surface area contributed by atoms with Crippen LogP contribution in [-0.4, -0.2) is 6.04 Å². The Morgan fingerprint density at radius 2 is 0.900 bits per heavy atom. The average molecular weight is 350 g/mol. The minimum atomic E-state index is 0. The van der Waals surface area contributed by atoms with Crippen LogP contribution in [0.5, 0.6) is 0 Å². The SMILES string of the molecule is Br.CCCCCCCCCCCCCCCCC(C)N. The normalized spacial score (nSPS) is 12.2. The molecule has 0 rings (SSSR count). The largest absolute Gasteiger partial charge is 0.328 e. The molecule has 0 aromatic heterocycles. The van der Waals surface area contributed by atoms with Gasteiger partial charge in [0.2, 0.25) is 0 Å². The first-order valence-corrected chi connectivity index (χ1v) is 9.03. The van der Waals surface area contributed by atoms with Crippen molar-refractivity contribution in [3.63, 3.8) is 0 Å². The Morgan fingerprint density at radius 3 is 1.20 bits per heavy atom. The number of hydrogen-bond acceptors (Lipinski definition) is 1. The predicted octanol–water partition coefficient (Wildman–Crippen LogP) is 6.78. The average Bonchev–Trinajstić information content (AvgIpc) is 2.39. The summed E-state index contributed by atoms with van der Waals surface area (Å²) >= 11 is 0. The van der Waals surface area contributed by atoms with E-state index in [4.69, 9.17) is 5.73 Å². The zero-order chi connectivity index (χ0) is 14.2. The molecule has 1 atom stereocenters. The van der Waals surface area contributed by atoms with Crippen molar-refractivity contribution < 1.29 is 0 Å². The highest BCUT2D eigenvalue weighted by Crippen LogP contribution is 2.13. The Bertz CT molecular complexity index is 159. The number of unbranched alkanes of at least 4 members (excludes halogenated alkanes) is 13. The number of halogens is 1. The molecular formula is C18H40BrN. The topological polar surface area (TPSA) is 26.0 Å². The van der Waals surface area contributed by atoms with Crippen LogP contribution in [-0.2, 0) is 0 Å². The number of nitrogens with two attached hydrogens (primary N) is 1. The van der Waals surface area contributed by atoms with Gasteiger partial charge in [-0.25, -0.2) is 0 Å². The molecule has 1 nitrogen and oxygen atoms in total. The Kier molecular flexibility index (Phi) is 22.1. The molecule has 124 valence electrons. The van der Waals surface area contributed by atoms with Crippen molar-refractivity contribution in [1.29, 1.82) is 0 Å². The van der Waals surface area contributed by atoms with Gasteiger partial charge in [0, 0.05) is 6.04 Å². The summed E-state index contributed by atoms with van der Waals surface area (Å²) in [5.41, 5.74) is 5.74.